The van der Waals surface area contributed by atoms with Gasteiger partial charge >= 0.3 is 0 Å². The average molecular weight is 159 g/mol. The lowest BCUT2D eigenvalue weighted by molar-refractivity contribution is 0.00682. The monoisotopic (exact) mass is 159 g/mol. The van der Waals surface area contributed by atoms with Gasteiger partial charge in [-0.2, -0.15) is 0 Å². The van der Waals surface area contributed by atoms with E-state index in [4.69, 9.17) is 4.74 Å². The maximum absolute atomic E-state index is 5.35. The predicted molar refractivity (Wildman–Crippen MR) is 48.8 cm³/mol. The lowest BCUT2D eigenvalue weighted by Crippen LogP contribution is -2.20. The van der Waals surface area contributed by atoms with E-state index in [1.807, 2.05) is 14.1 Å². The molecule has 1 heterocycles. The van der Waals surface area contributed by atoms with Crippen molar-refractivity contribution in [1.82, 2.24) is 5.32 Å². The van der Waals surface area contributed by atoms with Gasteiger partial charge in [-0.05, 0) is 39.8 Å². The Bertz CT molecular complexity index is 77.6. The second kappa shape index (κ2) is 6.62. The Kier molecular flexibility index (Phi) is 6.57. The summed E-state index contributed by atoms with van der Waals surface area (Å²) < 4.78 is 5.35. The summed E-state index contributed by atoms with van der Waals surface area (Å²) in [6.45, 7) is 5.41. The van der Waals surface area contributed by atoms with Gasteiger partial charge < -0.3 is 10.1 Å². The van der Waals surface area contributed by atoms with Crippen molar-refractivity contribution < 1.29 is 4.74 Å². The molecule has 0 aromatic heterocycles. The molecule has 2 atom stereocenters. The molecule has 0 aromatic rings. The van der Waals surface area contributed by atoms with Crippen LogP contribution in [0.4, 0.5) is 0 Å². The standard InChI is InChI=1S/C7H14O.C2H7N/c1-6-3-4-8-7(2)5-6;1-3-2/h6-7H,3-5H2,1-2H3;3H,1-2H3. The molecule has 0 amide bonds. The van der Waals surface area contributed by atoms with E-state index in [1.165, 1.54) is 12.8 Å². The lowest BCUT2D eigenvalue weighted by atomic mass is 9.99. The first-order valence-corrected chi connectivity index (χ1v) is 4.40. The minimum Gasteiger partial charge on any atom is -0.378 e. The van der Waals surface area contributed by atoms with E-state index >= 15 is 0 Å². The molecule has 0 saturated carbocycles. The summed E-state index contributed by atoms with van der Waals surface area (Å²) in [4.78, 5) is 0. The normalized spacial score (nSPS) is 30.5. The third-order valence-electron chi connectivity index (χ3n) is 1.75. The molecule has 1 aliphatic rings. The maximum Gasteiger partial charge on any atom is 0.0549 e. The molecule has 1 rings (SSSR count). The Morgan fingerprint density at radius 2 is 1.82 bits per heavy atom. The molecule has 2 nitrogen and oxygen atoms in total. The van der Waals surface area contributed by atoms with Gasteiger partial charge in [0.25, 0.3) is 0 Å². The van der Waals surface area contributed by atoms with E-state index in [9.17, 15) is 0 Å². The number of nitrogens with one attached hydrogen (secondary N) is 1. The van der Waals surface area contributed by atoms with Crippen LogP contribution in [-0.2, 0) is 4.74 Å². The van der Waals surface area contributed by atoms with E-state index < -0.39 is 0 Å². The Balaban J connectivity index is 0.000000292. The maximum atomic E-state index is 5.35. The van der Waals surface area contributed by atoms with Crippen LogP contribution in [0.5, 0.6) is 0 Å². The summed E-state index contributed by atoms with van der Waals surface area (Å²) in [5.74, 6) is 0.888. The fraction of sp³-hybridized carbons (Fsp3) is 1.00. The third kappa shape index (κ3) is 6.32. The molecule has 0 spiro atoms. The van der Waals surface area contributed by atoms with Gasteiger partial charge in [-0.3, -0.25) is 0 Å². The molecule has 1 saturated heterocycles. The number of hydrogen-bond acceptors (Lipinski definition) is 2. The summed E-state index contributed by atoms with van der Waals surface area (Å²) in [6.07, 6.45) is 3.02. The molecular formula is C9H21NO. The van der Waals surface area contributed by atoms with Crippen LogP contribution in [0.25, 0.3) is 0 Å². The summed E-state index contributed by atoms with van der Waals surface area (Å²) in [7, 11) is 3.75. The molecule has 0 bridgehead atoms. The second-order valence-corrected chi connectivity index (χ2v) is 3.31. The molecule has 0 radical (unpaired) electrons. The van der Waals surface area contributed by atoms with E-state index in [0.29, 0.717) is 6.10 Å². The SMILES string of the molecule is CC1CCOC(C)C1.CNC. The zero-order valence-corrected chi connectivity index (χ0v) is 8.18. The minimum absolute atomic E-state index is 0.513. The van der Waals surface area contributed by atoms with Gasteiger partial charge in [0.15, 0.2) is 0 Å². The Labute approximate surface area is 70.3 Å². The van der Waals surface area contributed by atoms with Crippen molar-refractivity contribution in [2.24, 2.45) is 5.92 Å². The van der Waals surface area contributed by atoms with Crippen LogP contribution in [0.3, 0.4) is 0 Å². The average Bonchev–Trinajstić information content (AvgIpc) is 1.88. The van der Waals surface area contributed by atoms with Crippen LogP contribution in [0.1, 0.15) is 26.7 Å². The van der Waals surface area contributed by atoms with E-state index in [1.54, 1.807) is 0 Å². The molecule has 0 aliphatic carbocycles. The molecule has 11 heavy (non-hydrogen) atoms. The van der Waals surface area contributed by atoms with Gasteiger partial charge in [0.05, 0.1) is 6.10 Å². The van der Waals surface area contributed by atoms with Gasteiger partial charge in [-0.25, -0.2) is 0 Å². The first-order valence-electron chi connectivity index (χ1n) is 4.40. The van der Waals surface area contributed by atoms with Gasteiger partial charge in [-0.1, -0.05) is 6.92 Å². The molecule has 1 fully saturated rings. The Morgan fingerprint density at radius 3 is 2.09 bits per heavy atom. The number of ether oxygens (including phenoxy) is 1. The highest BCUT2D eigenvalue weighted by molar-refractivity contribution is 4.63. The van der Waals surface area contributed by atoms with Crippen LogP contribution >= 0.6 is 0 Å². The van der Waals surface area contributed by atoms with E-state index in [0.717, 1.165) is 12.5 Å². The first-order chi connectivity index (χ1) is 5.20. The van der Waals surface area contributed by atoms with Crippen LogP contribution in [0, 0.1) is 5.92 Å². The Morgan fingerprint density at radius 1 is 1.27 bits per heavy atom. The van der Waals surface area contributed by atoms with Crippen molar-refractivity contribution in [2.75, 3.05) is 20.7 Å². The van der Waals surface area contributed by atoms with Crippen molar-refractivity contribution in [1.29, 1.82) is 0 Å². The highest BCUT2D eigenvalue weighted by Gasteiger charge is 2.13. The zero-order chi connectivity index (χ0) is 8.69. The molecule has 2 heteroatoms. The predicted octanol–water partition coefficient (Wildman–Crippen LogP) is 1.66. The Hall–Kier alpha value is -0.0800. The molecule has 1 N–H and O–H groups in total. The van der Waals surface area contributed by atoms with E-state index in [2.05, 4.69) is 19.2 Å². The van der Waals surface area contributed by atoms with Crippen molar-refractivity contribution >= 4 is 0 Å². The molecular weight excluding hydrogens is 138 g/mol. The summed E-state index contributed by atoms with van der Waals surface area (Å²) in [5.41, 5.74) is 0. The largest absolute Gasteiger partial charge is 0.378 e. The topological polar surface area (TPSA) is 21.3 Å². The second-order valence-electron chi connectivity index (χ2n) is 3.31. The van der Waals surface area contributed by atoms with Crippen LogP contribution in [0.2, 0.25) is 0 Å². The van der Waals surface area contributed by atoms with Gasteiger partial charge in [0.2, 0.25) is 0 Å². The highest BCUT2D eigenvalue weighted by atomic mass is 16.5. The van der Waals surface area contributed by atoms with Crippen molar-refractivity contribution in [3.8, 4) is 0 Å². The first kappa shape index (κ1) is 10.9. The van der Waals surface area contributed by atoms with Crippen molar-refractivity contribution in [3.05, 3.63) is 0 Å². The zero-order valence-electron chi connectivity index (χ0n) is 8.18. The minimum atomic E-state index is 0.513. The molecule has 1 aliphatic heterocycles. The molecule has 2 unspecified atom stereocenters. The third-order valence-corrected chi connectivity index (χ3v) is 1.75. The van der Waals surface area contributed by atoms with Crippen LogP contribution in [0.15, 0.2) is 0 Å². The smallest absolute Gasteiger partial charge is 0.0549 e. The van der Waals surface area contributed by atoms with Crippen LogP contribution < -0.4 is 5.32 Å². The fourth-order valence-corrected chi connectivity index (χ4v) is 1.22. The lowest BCUT2D eigenvalue weighted by Gasteiger charge is -2.23. The van der Waals surface area contributed by atoms with Gasteiger partial charge in [-0.15, -0.1) is 0 Å². The van der Waals surface area contributed by atoms with Crippen molar-refractivity contribution in [2.45, 2.75) is 32.8 Å². The highest BCUT2D eigenvalue weighted by Crippen LogP contribution is 2.18. The van der Waals surface area contributed by atoms with Gasteiger partial charge in [0, 0.05) is 6.61 Å². The van der Waals surface area contributed by atoms with Crippen molar-refractivity contribution in [3.63, 3.8) is 0 Å². The van der Waals surface area contributed by atoms with Gasteiger partial charge in [0.1, 0.15) is 0 Å². The summed E-state index contributed by atoms with van der Waals surface area (Å²) in [6, 6.07) is 0. The van der Waals surface area contributed by atoms with E-state index in [-0.39, 0.29) is 0 Å². The molecule has 68 valence electrons. The molecule has 0 aromatic carbocycles. The summed E-state index contributed by atoms with van der Waals surface area (Å²) in [5, 5.41) is 2.75. The number of hydrogen-bond donors (Lipinski definition) is 1. The van der Waals surface area contributed by atoms with Crippen LogP contribution in [-0.4, -0.2) is 26.8 Å². The quantitative estimate of drug-likeness (QED) is 0.580. The number of rotatable bonds is 0. The fourth-order valence-electron chi connectivity index (χ4n) is 1.22. The summed E-state index contributed by atoms with van der Waals surface area (Å²) >= 11 is 0.